The number of carboxylic acid groups (broad SMARTS) is 1. The standard InChI is InChI=1S/C11H13FN2O4/c1-6(2)13(3)9-5-8(12)7(11(15)16)4-10(9)14(17)18/h4-6H,1-3H3,(H,15,16). The van der Waals surface area contributed by atoms with E-state index in [2.05, 4.69) is 0 Å². The van der Waals surface area contributed by atoms with Crippen molar-refractivity contribution >= 4 is 17.3 Å². The number of carboxylic acids is 1. The van der Waals surface area contributed by atoms with Crippen LogP contribution in [0, 0.1) is 15.9 Å². The van der Waals surface area contributed by atoms with Gasteiger partial charge < -0.3 is 10.0 Å². The molecule has 1 N–H and O–H groups in total. The van der Waals surface area contributed by atoms with Crippen LogP contribution in [-0.2, 0) is 0 Å². The zero-order valence-electron chi connectivity index (χ0n) is 10.2. The molecule has 0 aromatic heterocycles. The Morgan fingerprint density at radius 2 is 2.06 bits per heavy atom. The van der Waals surface area contributed by atoms with Crippen molar-refractivity contribution in [2.75, 3.05) is 11.9 Å². The van der Waals surface area contributed by atoms with Crippen molar-refractivity contribution in [3.05, 3.63) is 33.6 Å². The quantitative estimate of drug-likeness (QED) is 0.660. The van der Waals surface area contributed by atoms with E-state index < -0.39 is 28.0 Å². The predicted molar refractivity (Wildman–Crippen MR) is 63.6 cm³/mol. The summed E-state index contributed by atoms with van der Waals surface area (Å²) in [5.41, 5.74) is -1.08. The van der Waals surface area contributed by atoms with Crippen LogP contribution in [-0.4, -0.2) is 29.1 Å². The highest BCUT2D eigenvalue weighted by Gasteiger charge is 2.24. The number of aromatic carboxylic acids is 1. The van der Waals surface area contributed by atoms with Crippen molar-refractivity contribution < 1.29 is 19.2 Å². The molecule has 0 amide bonds. The lowest BCUT2D eigenvalue weighted by Gasteiger charge is -2.23. The van der Waals surface area contributed by atoms with Crippen LogP contribution in [0.1, 0.15) is 24.2 Å². The Labute approximate surface area is 103 Å². The molecule has 0 saturated heterocycles. The highest BCUT2D eigenvalue weighted by Crippen LogP contribution is 2.31. The second-order valence-corrected chi connectivity index (χ2v) is 4.09. The zero-order valence-corrected chi connectivity index (χ0v) is 10.2. The molecule has 0 aliphatic rings. The van der Waals surface area contributed by atoms with E-state index in [4.69, 9.17) is 5.11 Å². The molecule has 0 unspecified atom stereocenters. The first-order valence-corrected chi connectivity index (χ1v) is 5.19. The fourth-order valence-corrected chi connectivity index (χ4v) is 1.42. The Morgan fingerprint density at radius 1 is 1.50 bits per heavy atom. The lowest BCUT2D eigenvalue weighted by molar-refractivity contribution is -0.384. The van der Waals surface area contributed by atoms with Gasteiger partial charge in [0.15, 0.2) is 0 Å². The third-order valence-corrected chi connectivity index (χ3v) is 2.65. The highest BCUT2D eigenvalue weighted by atomic mass is 19.1. The topological polar surface area (TPSA) is 83.7 Å². The van der Waals surface area contributed by atoms with Crippen LogP contribution >= 0.6 is 0 Å². The summed E-state index contributed by atoms with van der Waals surface area (Å²) in [7, 11) is 1.58. The Balaban J connectivity index is 3.47. The first-order valence-electron chi connectivity index (χ1n) is 5.19. The maximum Gasteiger partial charge on any atom is 0.338 e. The molecule has 98 valence electrons. The van der Waals surface area contributed by atoms with E-state index in [-0.39, 0.29) is 11.7 Å². The van der Waals surface area contributed by atoms with Crippen molar-refractivity contribution in [1.82, 2.24) is 0 Å². The van der Waals surface area contributed by atoms with Crippen LogP contribution in [0.15, 0.2) is 12.1 Å². The van der Waals surface area contributed by atoms with Gasteiger partial charge in [-0.2, -0.15) is 0 Å². The number of rotatable bonds is 4. The van der Waals surface area contributed by atoms with E-state index in [0.29, 0.717) is 0 Å². The van der Waals surface area contributed by atoms with E-state index in [1.165, 1.54) is 4.90 Å². The summed E-state index contributed by atoms with van der Waals surface area (Å²) in [6, 6.07) is 1.53. The SMILES string of the molecule is CC(C)N(C)c1cc(F)c(C(=O)O)cc1[N+](=O)[O-]. The number of carbonyl (C=O) groups is 1. The normalized spacial score (nSPS) is 10.5. The molecule has 0 bridgehead atoms. The summed E-state index contributed by atoms with van der Waals surface area (Å²) in [6.07, 6.45) is 0. The average molecular weight is 256 g/mol. The van der Waals surface area contributed by atoms with Gasteiger partial charge in [0.05, 0.1) is 4.92 Å². The summed E-state index contributed by atoms with van der Waals surface area (Å²) in [5, 5.41) is 19.6. The molecule has 0 aliphatic carbocycles. The first-order chi connectivity index (χ1) is 8.25. The summed E-state index contributed by atoms with van der Waals surface area (Å²) in [5.74, 6) is -2.52. The molecule has 6 nitrogen and oxygen atoms in total. The monoisotopic (exact) mass is 256 g/mol. The molecule has 0 radical (unpaired) electrons. The molecule has 0 atom stereocenters. The Morgan fingerprint density at radius 3 is 2.44 bits per heavy atom. The van der Waals surface area contributed by atoms with Gasteiger partial charge in [-0.3, -0.25) is 10.1 Å². The van der Waals surface area contributed by atoms with Crippen LogP contribution < -0.4 is 4.90 Å². The average Bonchev–Trinajstić information content (AvgIpc) is 2.26. The van der Waals surface area contributed by atoms with Crippen molar-refractivity contribution in [2.24, 2.45) is 0 Å². The number of nitro groups is 1. The largest absolute Gasteiger partial charge is 0.478 e. The molecule has 1 aromatic carbocycles. The van der Waals surface area contributed by atoms with Gasteiger partial charge in [0, 0.05) is 25.2 Å². The van der Waals surface area contributed by atoms with Gasteiger partial charge in [0.1, 0.15) is 17.1 Å². The molecule has 1 aromatic rings. The number of hydrogen-bond acceptors (Lipinski definition) is 4. The number of anilines is 1. The third kappa shape index (κ3) is 2.55. The first kappa shape index (κ1) is 13.9. The minimum atomic E-state index is -1.53. The van der Waals surface area contributed by atoms with Gasteiger partial charge >= 0.3 is 5.97 Å². The van der Waals surface area contributed by atoms with E-state index in [1.807, 2.05) is 0 Å². The summed E-state index contributed by atoms with van der Waals surface area (Å²) >= 11 is 0. The molecule has 7 heteroatoms. The van der Waals surface area contributed by atoms with Crippen molar-refractivity contribution in [3.8, 4) is 0 Å². The van der Waals surface area contributed by atoms with E-state index in [1.54, 1.807) is 20.9 Å². The van der Waals surface area contributed by atoms with Crippen LogP contribution in [0.2, 0.25) is 0 Å². The Kier molecular flexibility index (Phi) is 3.85. The lowest BCUT2D eigenvalue weighted by atomic mass is 10.1. The maximum atomic E-state index is 13.5. The number of nitro benzene ring substituents is 1. The fourth-order valence-electron chi connectivity index (χ4n) is 1.42. The van der Waals surface area contributed by atoms with Crippen molar-refractivity contribution in [1.29, 1.82) is 0 Å². The van der Waals surface area contributed by atoms with Gasteiger partial charge in [-0.25, -0.2) is 9.18 Å². The molecule has 18 heavy (non-hydrogen) atoms. The lowest BCUT2D eigenvalue weighted by Crippen LogP contribution is -2.26. The highest BCUT2D eigenvalue weighted by molar-refractivity contribution is 5.90. The van der Waals surface area contributed by atoms with Crippen molar-refractivity contribution in [2.45, 2.75) is 19.9 Å². The second kappa shape index (κ2) is 4.99. The van der Waals surface area contributed by atoms with Crippen LogP contribution in [0.5, 0.6) is 0 Å². The van der Waals surface area contributed by atoms with Crippen LogP contribution in [0.25, 0.3) is 0 Å². The molecule has 0 spiro atoms. The molecule has 0 saturated carbocycles. The van der Waals surface area contributed by atoms with Gasteiger partial charge in [0.25, 0.3) is 5.69 Å². The van der Waals surface area contributed by atoms with Crippen molar-refractivity contribution in [3.63, 3.8) is 0 Å². The molecule has 0 aliphatic heterocycles. The van der Waals surface area contributed by atoms with Gasteiger partial charge in [0.2, 0.25) is 0 Å². The molecular weight excluding hydrogens is 243 g/mol. The van der Waals surface area contributed by atoms with Gasteiger partial charge in [-0.15, -0.1) is 0 Å². The minimum Gasteiger partial charge on any atom is -0.478 e. The smallest absolute Gasteiger partial charge is 0.338 e. The molecule has 0 heterocycles. The second-order valence-electron chi connectivity index (χ2n) is 4.09. The maximum absolute atomic E-state index is 13.5. The van der Waals surface area contributed by atoms with E-state index in [0.717, 1.165) is 12.1 Å². The fraction of sp³-hybridized carbons (Fsp3) is 0.364. The van der Waals surface area contributed by atoms with Crippen LogP contribution in [0.4, 0.5) is 15.8 Å². The minimum absolute atomic E-state index is 0.0532. The zero-order chi connectivity index (χ0) is 14.0. The Hall–Kier alpha value is -2.18. The summed E-state index contributed by atoms with van der Waals surface area (Å²) in [6.45, 7) is 3.57. The third-order valence-electron chi connectivity index (χ3n) is 2.65. The number of halogens is 1. The molecule has 1 rings (SSSR count). The predicted octanol–water partition coefficient (Wildman–Crippen LogP) is 2.28. The van der Waals surface area contributed by atoms with Gasteiger partial charge in [-0.05, 0) is 13.8 Å². The van der Waals surface area contributed by atoms with E-state index in [9.17, 15) is 19.3 Å². The van der Waals surface area contributed by atoms with Crippen LogP contribution in [0.3, 0.4) is 0 Å². The van der Waals surface area contributed by atoms with Gasteiger partial charge in [-0.1, -0.05) is 0 Å². The number of hydrogen-bond donors (Lipinski definition) is 1. The molecule has 0 fully saturated rings. The summed E-state index contributed by atoms with van der Waals surface area (Å²) in [4.78, 5) is 22.4. The number of benzene rings is 1. The molecular formula is C11H13FN2O4. The summed E-state index contributed by atoms with van der Waals surface area (Å²) < 4.78 is 13.5. The number of nitrogens with zero attached hydrogens (tertiary/aromatic N) is 2. The Bertz CT molecular complexity index is 502. The van der Waals surface area contributed by atoms with E-state index >= 15 is 0 Å².